The van der Waals surface area contributed by atoms with Gasteiger partial charge in [0.25, 0.3) is 0 Å². The SMILES string of the molecule is CN1CCN(CC(C)(C)C(=O)NN)C(=O)C1=O. The molecule has 3 N–H and O–H groups in total. The monoisotopic (exact) mass is 242 g/mol. The van der Waals surface area contributed by atoms with Crippen LogP contribution >= 0.6 is 0 Å². The fourth-order valence-corrected chi connectivity index (χ4v) is 1.67. The number of nitrogens with zero attached hydrogens (tertiary/aromatic N) is 2. The molecular formula is C10H18N4O3. The Morgan fingerprint density at radius 1 is 1.35 bits per heavy atom. The summed E-state index contributed by atoms with van der Waals surface area (Å²) in [5, 5.41) is 0. The van der Waals surface area contributed by atoms with Crippen LogP contribution in [0.25, 0.3) is 0 Å². The number of carbonyl (C=O) groups excluding carboxylic acids is 3. The van der Waals surface area contributed by atoms with Gasteiger partial charge in [0.1, 0.15) is 0 Å². The van der Waals surface area contributed by atoms with E-state index < -0.39 is 17.2 Å². The van der Waals surface area contributed by atoms with E-state index in [0.717, 1.165) is 0 Å². The van der Waals surface area contributed by atoms with Crippen molar-refractivity contribution in [2.45, 2.75) is 13.8 Å². The number of amides is 3. The molecule has 1 aliphatic heterocycles. The number of rotatable bonds is 3. The molecule has 17 heavy (non-hydrogen) atoms. The fraction of sp³-hybridized carbons (Fsp3) is 0.700. The quantitative estimate of drug-likeness (QED) is 0.267. The Balaban J connectivity index is 2.73. The third-order valence-electron chi connectivity index (χ3n) is 2.85. The molecule has 0 aromatic carbocycles. The van der Waals surface area contributed by atoms with Gasteiger partial charge < -0.3 is 9.80 Å². The second kappa shape index (κ2) is 4.70. The Morgan fingerprint density at radius 3 is 2.47 bits per heavy atom. The topological polar surface area (TPSA) is 95.7 Å². The minimum absolute atomic E-state index is 0.175. The predicted octanol–water partition coefficient (Wildman–Crippen LogP) is -1.70. The molecular weight excluding hydrogens is 224 g/mol. The maximum Gasteiger partial charge on any atom is 0.312 e. The average Bonchev–Trinajstić information content (AvgIpc) is 2.28. The summed E-state index contributed by atoms with van der Waals surface area (Å²) < 4.78 is 0. The second-order valence-electron chi connectivity index (χ2n) is 4.81. The van der Waals surface area contributed by atoms with E-state index in [1.807, 2.05) is 0 Å². The van der Waals surface area contributed by atoms with E-state index in [-0.39, 0.29) is 12.5 Å². The lowest BCUT2D eigenvalue weighted by molar-refractivity contribution is -0.156. The molecule has 0 spiro atoms. The highest BCUT2D eigenvalue weighted by Crippen LogP contribution is 2.18. The van der Waals surface area contributed by atoms with Crippen LogP contribution < -0.4 is 11.3 Å². The molecule has 1 saturated heterocycles. The minimum atomic E-state index is -0.819. The molecule has 3 amide bonds. The van der Waals surface area contributed by atoms with Gasteiger partial charge in [-0.05, 0) is 13.8 Å². The third kappa shape index (κ3) is 2.73. The average molecular weight is 242 g/mol. The Hall–Kier alpha value is -1.63. The van der Waals surface area contributed by atoms with Crippen molar-refractivity contribution in [3.05, 3.63) is 0 Å². The minimum Gasteiger partial charge on any atom is -0.336 e. The molecule has 96 valence electrons. The molecule has 1 aliphatic rings. The van der Waals surface area contributed by atoms with E-state index in [4.69, 9.17) is 5.84 Å². The van der Waals surface area contributed by atoms with Gasteiger partial charge in [-0.1, -0.05) is 0 Å². The summed E-state index contributed by atoms with van der Waals surface area (Å²) in [6, 6.07) is 0. The molecule has 7 nitrogen and oxygen atoms in total. The summed E-state index contributed by atoms with van der Waals surface area (Å²) in [6.07, 6.45) is 0. The largest absolute Gasteiger partial charge is 0.336 e. The second-order valence-corrected chi connectivity index (χ2v) is 4.81. The Labute approximate surface area is 99.9 Å². The lowest BCUT2D eigenvalue weighted by Crippen LogP contribution is -2.57. The van der Waals surface area contributed by atoms with E-state index in [9.17, 15) is 14.4 Å². The number of hydrazine groups is 1. The van der Waals surface area contributed by atoms with Crippen LogP contribution in [-0.4, -0.2) is 54.2 Å². The van der Waals surface area contributed by atoms with Gasteiger partial charge in [0, 0.05) is 26.7 Å². The van der Waals surface area contributed by atoms with Crippen LogP contribution in [0.1, 0.15) is 13.8 Å². The first-order valence-corrected chi connectivity index (χ1v) is 5.35. The van der Waals surface area contributed by atoms with Crippen LogP contribution in [-0.2, 0) is 14.4 Å². The molecule has 1 heterocycles. The molecule has 7 heteroatoms. The van der Waals surface area contributed by atoms with Crippen molar-refractivity contribution in [1.82, 2.24) is 15.2 Å². The molecule has 0 bridgehead atoms. The van der Waals surface area contributed by atoms with E-state index in [0.29, 0.717) is 13.1 Å². The highest BCUT2D eigenvalue weighted by molar-refractivity contribution is 6.35. The standard InChI is InChI=1S/C10H18N4O3/c1-10(2,9(17)12-11)6-14-5-4-13(3)7(15)8(14)16/h4-6,11H2,1-3H3,(H,12,17). The highest BCUT2D eigenvalue weighted by atomic mass is 16.2. The fourth-order valence-electron chi connectivity index (χ4n) is 1.67. The first-order valence-electron chi connectivity index (χ1n) is 5.35. The molecule has 0 saturated carbocycles. The zero-order valence-electron chi connectivity index (χ0n) is 10.3. The van der Waals surface area contributed by atoms with Gasteiger partial charge in [-0.25, -0.2) is 5.84 Å². The highest BCUT2D eigenvalue weighted by Gasteiger charge is 2.36. The van der Waals surface area contributed by atoms with Gasteiger partial charge in [0.2, 0.25) is 5.91 Å². The number of nitrogens with one attached hydrogen (secondary N) is 1. The molecule has 0 aliphatic carbocycles. The maximum absolute atomic E-state index is 11.7. The Morgan fingerprint density at radius 2 is 1.94 bits per heavy atom. The summed E-state index contributed by atoms with van der Waals surface area (Å²) in [6.45, 7) is 4.43. The van der Waals surface area contributed by atoms with Crippen LogP contribution in [0.5, 0.6) is 0 Å². The molecule has 0 aromatic rings. The lowest BCUT2D eigenvalue weighted by atomic mass is 9.91. The van der Waals surface area contributed by atoms with Crippen molar-refractivity contribution in [3.8, 4) is 0 Å². The maximum atomic E-state index is 11.7. The van der Waals surface area contributed by atoms with E-state index in [1.54, 1.807) is 20.9 Å². The molecule has 0 atom stereocenters. The summed E-state index contributed by atoms with van der Waals surface area (Å²) in [5.41, 5.74) is 1.24. The van der Waals surface area contributed by atoms with E-state index in [1.165, 1.54) is 9.80 Å². The summed E-state index contributed by atoms with van der Waals surface area (Å²) in [7, 11) is 1.58. The predicted molar refractivity (Wildman–Crippen MR) is 60.3 cm³/mol. The van der Waals surface area contributed by atoms with Gasteiger partial charge in [0.15, 0.2) is 0 Å². The number of nitrogens with two attached hydrogens (primary N) is 1. The first-order chi connectivity index (χ1) is 7.79. The van der Waals surface area contributed by atoms with Gasteiger partial charge in [0.05, 0.1) is 5.41 Å². The summed E-state index contributed by atoms with van der Waals surface area (Å²) >= 11 is 0. The van der Waals surface area contributed by atoms with Crippen LogP contribution in [0.15, 0.2) is 0 Å². The van der Waals surface area contributed by atoms with E-state index in [2.05, 4.69) is 5.43 Å². The van der Waals surface area contributed by atoms with Gasteiger partial charge in [-0.3, -0.25) is 19.8 Å². The normalized spacial score (nSPS) is 17.4. The van der Waals surface area contributed by atoms with Crippen LogP contribution in [0, 0.1) is 5.41 Å². The van der Waals surface area contributed by atoms with Crippen molar-refractivity contribution < 1.29 is 14.4 Å². The lowest BCUT2D eigenvalue weighted by Gasteiger charge is -2.35. The number of piperazine rings is 1. The van der Waals surface area contributed by atoms with Crippen LogP contribution in [0.2, 0.25) is 0 Å². The van der Waals surface area contributed by atoms with Crippen molar-refractivity contribution >= 4 is 17.7 Å². The molecule has 1 fully saturated rings. The molecule has 0 unspecified atom stereocenters. The van der Waals surface area contributed by atoms with Crippen molar-refractivity contribution in [2.75, 3.05) is 26.7 Å². The zero-order valence-corrected chi connectivity index (χ0v) is 10.3. The van der Waals surface area contributed by atoms with Gasteiger partial charge >= 0.3 is 11.8 Å². The van der Waals surface area contributed by atoms with Crippen molar-refractivity contribution in [3.63, 3.8) is 0 Å². The zero-order chi connectivity index (χ0) is 13.2. The van der Waals surface area contributed by atoms with Crippen LogP contribution in [0.4, 0.5) is 0 Å². The molecule has 0 aromatic heterocycles. The number of likely N-dealkylation sites (N-methyl/N-ethyl adjacent to an activating group) is 1. The number of hydrogen-bond donors (Lipinski definition) is 2. The van der Waals surface area contributed by atoms with Gasteiger partial charge in [-0.2, -0.15) is 0 Å². The van der Waals surface area contributed by atoms with Gasteiger partial charge in [-0.15, -0.1) is 0 Å². The third-order valence-corrected chi connectivity index (χ3v) is 2.85. The summed E-state index contributed by atoms with van der Waals surface area (Å²) in [5.74, 6) is 3.59. The first kappa shape index (κ1) is 13.4. The van der Waals surface area contributed by atoms with Crippen molar-refractivity contribution in [1.29, 1.82) is 0 Å². The summed E-state index contributed by atoms with van der Waals surface area (Å²) in [4.78, 5) is 37.4. The Kier molecular flexibility index (Phi) is 3.72. The van der Waals surface area contributed by atoms with Crippen molar-refractivity contribution in [2.24, 2.45) is 11.3 Å². The molecule has 0 radical (unpaired) electrons. The smallest absolute Gasteiger partial charge is 0.312 e. The number of carbonyl (C=O) groups is 3. The van der Waals surface area contributed by atoms with E-state index >= 15 is 0 Å². The molecule has 1 rings (SSSR count). The Bertz CT molecular complexity index is 353. The van der Waals surface area contributed by atoms with Crippen LogP contribution in [0.3, 0.4) is 0 Å². The number of hydrogen-bond acceptors (Lipinski definition) is 4.